The summed E-state index contributed by atoms with van der Waals surface area (Å²) < 4.78 is 5.20. The molecular weight excluding hydrogens is 206 g/mol. The van der Waals surface area contributed by atoms with Crippen LogP contribution in [0.3, 0.4) is 0 Å². The number of hydrogen-bond acceptors (Lipinski definition) is 3. The molecule has 4 nitrogen and oxygen atoms in total. The predicted molar refractivity (Wildman–Crippen MR) is 59.7 cm³/mol. The monoisotopic (exact) mass is 221 g/mol. The second-order valence-corrected chi connectivity index (χ2v) is 4.12. The van der Waals surface area contributed by atoms with Crippen LogP contribution in [-0.2, 0) is 24.1 Å². The molecule has 0 aliphatic heterocycles. The molecule has 0 spiro atoms. The largest absolute Gasteiger partial charge is 0.496 e. The quantitative estimate of drug-likeness (QED) is 0.790. The van der Waals surface area contributed by atoms with Gasteiger partial charge in [-0.05, 0) is 30.0 Å². The first-order valence-corrected chi connectivity index (χ1v) is 5.26. The first kappa shape index (κ1) is 11.0. The highest BCUT2D eigenvalue weighted by Gasteiger charge is 2.24. The van der Waals surface area contributed by atoms with Crippen LogP contribution in [0.5, 0.6) is 5.75 Å². The van der Waals surface area contributed by atoms with E-state index in [4.69, 9.17) is 15.6 Å². The van der Waals surface area contributed by atoms with Crippen molar-refractivity contribution in [1.29, 1.82) is 0 Å². The van der Waals surface area contributed by atoms with Crippen LogP contribution in [0.4, 0.5) is 0 Å². The fraction of sp³-hybridized carbons (Fsp3) is 0.417. The van der Waals surface area contributed by atoms with E-state index in [0.29, 0.717) is 5.75 Å². The molecule has 0 bridgehead atoms. The number of carboxylic acid groups (broad SMARTS) is 1. The first-order chi connectivity index (χ1) is 7.61. The van der Waals surface area contributed by atoms with E-state index >= 15 is 0 Å². The van der Waals surface area contributed by atoms with Crippen molar-refractivity contribution >= 4 is 5.97 Å². The maximum absolute atomic E-state index is 10.8. The number of hydrogen-bond donors (Lipinski definition) is 2. The van der Waals surface area contributed by atoms with Gasteiger partial charge < -0.3 is 15.6 Å². The van der Waals surface area contributed by atoms with Gasteiger partial charge in [0.15, 0.2) is 0 Å². The van der Waals surface area contributed by atoms with E-state index in [9.17, 15) is 4.79 Å². The van der Waals surface area contributed by atoms with E-state index in [0.717, 1.165) is 29.5 Å². The lowest BCUT2D eigenvalue weighted by atomic mass is 9.99. The van der Waals surface area contributed by atoms with E-state index in [2.05, 4.69) is 0 Å². The predicted octanol–water partition coefficient (Wildman–Crippen LogP) is 0.748. The van der Waals surface area contributed by atoms with Gasteiger partial charge in [-0.1, -0.05) is 6.07 Å². The van der Waals surface area contributed by atoms with Gasteiger partial charge >= 0.3 is 5.97 Å². The van der Waals surface area contributed by atoms with Gasteiger partial charge in [0.25, 0.3) is 0 Å². The Morgan fingerprint density at radius 3 is 2.94 bits per heavy atom. The van der Waals surface area contributed by atoms with Crippen molar-refractivity contribution in [2.75, 3.05) is 7.11 Å². The Bertz CT molecular complexity index is 429. The lowest BCUT2D eigenvalue weighted by Crippen LogP contribution is -2.19. The van der Waals surface area contributed by atoms with Crippen LogP contribution in [0, 0.1) is 0 Å². The van der Waals surface area contributed by atoms with Gasteiger partial charge in [-0.2, -0.15) is 0 Å². The Balaban J connectivity index is 2.46. The van der Waals surface area contributed by atoms with Gasteiger partial charge in [0.1, 0.15) is 5.75 Å². The summed E-state index contributed by atoms with van der Waals surface area (Å²) in [5.74, 6) is -0.192. The molecule has 1 aromatic carbocycles. The summed E-state index contributed by atoms with van der Waals surface area (Å²) in [5, 5.41) is 8.90. The number of carboxylic acids is 1. The summed E-state index contributed by atoms with van der Waals surface area (Å²) in [6.07, 6.45) is 1.57. The topological polar surface area (TPSA) is 72.5 Å². The van der Waals surface area contributed by atoms with Crippen molar-refractivity contribution in [3.63, 3.8) is 0 Å². The molecule has 3 N–H and O–H groups in total. The van der Waals surface area contributed by atoms with Crippen LogP contribution in [0.25, 0.3) is 0 Å². The standard InChI is InChI=1S/C12H15NO3/c1-16-11-3-2-7-4-8(13)5-9(7)10(11)6-12(14)15/h2-3,8H,4-6,13H2,1H3,(H,14,15). The third-order valence-corrected chi connectivity index (χ3v) is 2.98. The molecule has 0 heterocycles. The molecule has 86 valence electrons. The van der Waals surface area contributed by atoms with E-state index in [1.165, 1.54) is 0 Å². The minimum absolute atomic E-state index is 0.000926. The van der Waals surface area contributed by atoms with E-state index < -0.39 is 5.97 Å². The van der Waals surface area contributed by atoms with Crippen molar-refractivity contribution in [2.45, 2.75) is 25.3 Å². The Hall–Kier alpha value is -1.55. The smallest absolute Gasteiger partial charge is 0.307 e. The Morgan fingerprint density at radius 1 is 1.56 bits per heavy atom. The molecule has 0 saturated heterocycles. The lowest BCUT2D eigenvalue weighted by molar-refractivity contribution is -0.136. The molecule has 1 aliphatic rings. The Morgan fingerprint density at radius 2 is 2.31 bits per heavy atom. The number of benzene rings is 1. The van der Waals surface area contributed by atoms with Gasteiger partial charge in [0.2, 0.25) is 0 Å². The van der Waals surface area contributed by atoms with Crippen LogP contribution in [0.1, 0.15) is 16.7 Å². The molecule has 1 unspecified atom stereocenters. The summed E-state index contributed by atoms with van der Waals surface area (Å²) in [4.78, 5) is 10.8. The van der Waals surface area contributed by atoms with Gasteiger partial charge in [-0.15, -0.1) is 0 Å². The summed E-state index contributed by atoms with van der Waals surface area (Å²) in [7, 11) is 1.56. The van der Waals surface area contributed by atoms with Gasteiger partial charge in [-0.3, -0.25) is 4.79 Å². The van der Waals surface area contributed by atoms with E-state index in [-0.39, 0.29) is 12.5 Å². The molecule has 1 aliphatic carbocycles. The fourth-order valence-corrected chi connectivity index (χ4v) is 2.32. The van der Waals surface area contributed by atoms with Crippen LogP contribution in [0.15, 0.2) is 12.1 Å². The average molecular weight is 221 g/mol. The highest BCUT2D eigenvalue weighted by atomic mass is 16.5. The van der Waals surface area contributed by atoms with E-state index in [1.54, 1.807) is 7.11 Å². The average Bonchev–Trinajstić information content (AvgIpc) is 2.59. The molecule has 0 saturated carbocycles. The summed E-state index contributed by atoms with van der Waals surface area (Å²) >= 11 is 0. The molecular formula is C12H15NO3. The fourth-order valence-electron chi connectivity index (χ4n) is 2.32. The minimum atomic E-state index is -0.841. The SMILES string of the molecule is COc1ccc2c(c1CC(=O)O)CC(N)C2. The van der Waals surface area contributed by atoms with E-state index in [1.807, 2.05) is 12.1 Å². The van der Waals surface area contributed by atoms with Crippen LogP contribution in [-0.4, -0.2) is 24.2 Å². The molecule has 0 amide bonds. The zero-order valence-electron chi connectivity index (χ0n) is 9.19. The van der Waals surface area contributed by atoms with Crippen LogP contribution < -0.4 is 10.5 Å². The molecule has 0 radical (unpaired) electrons. The van der Waals surface area contributed by atoms with Crippen LogP contribution in [0.2, 0.25) is 0 Å². The molecule has 0 aromatic heterocycles. The lowest BCUT2D eigenvalue weighted by Gasteiger charge is -2.11. The second-order valence-electron chi connectivity index (χ2n) is 4.12. The highest BCUT2D eigenvalue weighted by molar-refractivity contribution is 5.72. The maximum Gasteiger partial charge on any atom is 0.307 e. The zero-order valence-corrected chi connectivity index (χ0v) is 9.19. The summed E-state index contributed by atoms with van der Waals surface area (Å²) in [5.41, 5.74) is 8.89. The Labute approximate surface area is 94.0 Å². The molecule has 16 heavy (non-hydrogen) atoms. The molecule has 1 aromatic rings. The number of ether oxygens (including phenoxy) is 1. The number of nitrogens with two attached hydrogens (primary N) is 1. The van der Waals surface area contributed by atoms with Gasteiger partial charge in [0.05, 0.1) is 13.5 Å². The molecule has 0 fully saturated rings. The van der Waals surface area contributed by atoms with Crippen LogP contribution >= 0.6 is 0 Å². The highest BCUT2D eigenvalue weighted by Crippen LogP contribution is 2.31. The first-order valence-electron chi connectivity index (χ1n) is 5.26. The second kappa shape index (κ2) is 4.14. The van der Waals surface area contributed by atoms with Gasteiger partial charge in [-0.25, -0.2) is 0 Å². The maximum atomic E-state index is 10.8. The molecule has 2 rings (SSSR count). The number of aliphatic carboxylic acids is 1. The normalized spacial score (nSPS) is 18.2. The number of fused-ring (bicyclic) bond motifs is 1. The number of carbonyl (C=O) groups is 1. The minimum Gasteiger partial charge on any atom is -0.496 e. The summed E-state index contributed by atoms with van der Waals surface area (Å²) in [6.45, 7) is 0. The zero-order chi connectivity index (χ0) is 11.7. The van der Waals surface area contributed by atoms with Gasteiger partial charge in [0, 0.05) is 11.6 Å². The van der Waals surface area contributed by atoms with Crippen molar-refractivity contribution in [3.05, 3.63) is 28.8 Å². The van der Waals surface area contributed by atoms with Crippen molar-refractivity contribution in [2.24, 2.45) is 5.73 Å². The van der Waals surface area contributed by atoms with Crippen molar-refractivity contribution < 1.29 is 14.6 Å². The van der Waals surface area contributed by atoms with Crippen molar-refractivity contribution in [3.8, 4) is 5.75 Å². The molecule has 4 heteroatoms. The van der Waals surface area contributed by atoms with Crippen molar-refractivity contribution in [1.82, 2.24) is 0 Å². The number of methoxy groups -OCH3 is 1. The Kier molecular flexibility index (Phi) is 2.83. The third-order valence-electron chi connectivity index (χ3n) is 2.98. The number of rotatable bonds is 3. The summed E-state index contributed by atoms with van der Waals surface area (Å²) in [6, 6.07) is 3.91. The third kappa shape index (κ3) is 1.88. The molecule has 1 atom stereocenters.